The fourth-order valence-corrected chi connectivity index (χ4v) is 3.37. The molecule has 1 aromatic carbocycles. The van der Waals surface area contributed by atoms with E-state index in [1.54, 1.807) is 29.2 Å². The van der Waals surface area contributed by atoms with Crippen LogP contribution in [0, 0.1) is 0 Å². The van der Waals surface area contributed by atoms with Crippen LogP contribution in [0.15, 0.2) is 64.3 Å². The lowest BCUT2D eigenvalue weighted by Gasteiger charge is -2.13. The van der Waals surface area contributed by atoms with Crippen LogP contribution in [0.2, 0.25) is 5.02 Å². The zero-order valence-electron chi connectivity index (χ0n) is 15.1. The quantitative estimate of drug-likeness (QED) is 0.428. The number of hydrogen-bond acceptors (Lipinski definition) is 3. The lowest BCUT2D eigenvalue weighted by molar-refractivity contribution is 0.566. The maximum absolute atomic E-state index is 12.7. The van der Waals surface area contributed by atoms with E-state index in [9.17, 15) is 4.79 Å². The van der Waals surface area contributed by atoms with Crippen molar-refractivity contribution in [2.75, 3.05) is 0 Å². The first kappa shape index (κ1) is 17.6. The van der Waals surface area contributed by atoms with E-state index in [1.165, 1.54) is 0 Å². The van der Waals surface area contributed by atoms with E-state index >= 15 is 0 Å². The van der Waals surface area contributed by atoms with Gasteiger partial charge in [-0.1, -0.05) is 43.5 Å². The Morgan fingerprint density at radius 1 is 1.11 bits per heavy atom. The molecule has 0 atom stereocenters. The summed E-state index contributed by atoms with van der Waals surface area (Å²) in [4.78, 5) is 17.5. The lowest BCUT2D eigenvalue weighted by atomic mass is 10.2. The Bertz CT molecular complexity index is 1110. The molecule has 0 aliphatic rings. The molecule has 0 aliphatic heterocycles. The first-order chi connectivity index (χ1) is 13.2. The number of rotatable bonds is 6. The molecule has 0 amide bonds. The Hall–Kier alpha value is -2.79. The van der Waals surface area contributed by atoms with Crippen molar-refractivity contribution < 1.29 is 4.42 Å². The summed E-state index contributed by atoms with van der Waals surface area (Å²) in [6.45, 7) is 2.96. The standard InChI is InChI=1S/C21H20ClN3O2/c1-2-3-4-10-24-19(16-9-11-27-14-16)12-20(26)25-13-18(23-21(24)25)15-5-7-17(22)8-6-15/h5-9,11-14H,2-4,10H2,1H3. The molecule has 138 valence electrons. The summed E-state index contributed by atoms with van der Waals surface area (Å²) in [7, 11) is 0. The van der Waals surface area contributed by atoms with Gasteiger partial charge >= 0.3 is 0 Å². The van der Waals surface area contributed by atoms with E-state index in [4.69, 9.17) is 21.0 Å². The minimum absolute atomic E-state index is 0.111. The molecular formula is C21H20ClN3O2. The van der Waals surface area contributed by atoms with Crippen molar-refractivity contribution in [3.05, 3.63) is 70.5 Å². The third-order valence-electron chi connectivity index (χ3n) is 4.66. The van der Waals surface area contributed by atoms with Crippen molar-refractivity contribution in [1.29, 1.82) is 0 Å². The number of hydrogen-bond donors (Lipinski definition) is 0. The van der Waals surface area contributed by atoms with Crippen LogP contribution in [0.25, 0.3) is 28.3 Å². The highest BCUT2D eigenvalue weighted by atomic mass is 35.5. The highest BCUT2D eigenvalue weighted by Gasteiger charge is 2.15. The highest BCUT2D eigenvalue weighted by Crippen LogP contribution is 2.25. The molecule has 5 nitrogen and oxygen atoms in total. The Kier molecular flexibility index (Phi) is 4.86. The van der Waals surface area contributed by atoms with Crippen molar-refractivity contribution >= 4 is 17.4 Å². The molecule has 0 saturated heterocycles. The maximum atomic E-state index is 12.7. The third-order valence-corrected chi connectivity index (χ3v) is 4.91. The van der Waals surface area contributed by atoms with Crippen LogP contribution >= 0.6 is 11.6 Å². The van der Waals surface area contributed by atoms with E-state index in [1.807, 2.05) is 30.3 Å². The van der Waals surface area contributed by atoms with Gasteiger partial charge in [0.25, 0.3) is 5.56 Å². The SMILES string of the molecule is CCCCCn1c(-c2ccoc2)cc(=O)n2cc(-c3ccc(Cl)cc3)nc12. The number of aryl methyl sites for hydroxylation is 1. The van der Waals surface area contributed by atoms with Crippen LogP contribution in [0.3, 0.4) is 0 Å². The molecule has 3 aromatic heterocycles. The van der Waals surface area contributed by atoms with Gasteiger partial charge in [-0.05, 0) is 24.6 Å². The number of imidazole rings is 1. The summed E-state index contributed by atoms with van der Waals surface area (Å²) >= 11 is 5.99. The Morgan fingerprint density at radius 3 is 2.63 bits per heavy atom. The van der Waals surface area contributed by atoms with E-state index in [0.29, 0.717) is 10.8 Å². The summed E-state index contributed by atoms with van der Waals surface area (Å²) in [6.07, 6.45) is 8.32. The average molecular weight is 382 g/mol. The fraction of sp³-hybridized carbons (Fsp3) is 0.238. The molecule has 0 spiro atoms. The summed E-state index contributed by atoms with van der Waals surface area (Å²) < 4.78 is 8.94. The largest absolute Gasteiger partial charge is 0.472 e. The third kappa shape index (κ3) is 3.43. The topological polar surface area (TPSA) is 52.4 Å². The molecule has 4 rings (SSSR count). The van der Waals surface area contributed by atoms with Gasteiger partial charge in [-0.2, -0.15) is 0 Å². The molecule has 0 fully saturated rings. The van der Waals surface area contributed by atoms with Gasteiger partial charge in [-0.3, -0.25) is 9.20 Å². The van der Waals surface area contributed by atoms with Crippen molar-refractivity contribution in [1.82, 2.24) is 14.0 Å². The molecule has 6 heteroatoms. The number of fused-ring (bicyclic) bond motifs is 1. The summed E-state index contributed by atoms with van der Waals surface area (Å²) in [5.74, 6) is 0.639. The summed E-state index contributed by atoms with van der Waals surface area (Å²) in [5, 5.41) is 0.670. The number of furan rings is 1. The molecule has 0 bridgehead atoms. The number of aromatic nitrogens is 3. The smallest absolute Gasteiger partial charge is 0.259 e. The highest BCUT2D eigenvalue weighted by molar-refractivity contribution is 6.30. The second-order valence-electron chi connectivity index (χ2n) is 6.54. The fourth-order valence-electron chi connectivity index (χ4n) is 3.24. The monoisotopic (exact) mass is 381 g/mol. The van der Waals surface area contributed by atoms with E-state index in [0.717, 1.165) is 48.3 Å². The van der Waals surface area contributed by atoms with Gasteiger partial charge in [0.1, 0.15) is 0 Å². The van der Waals surface area contributed by atoms with Gasteiger partial charge < -0.3 is 8.98 Å². The van der Waals surface area contributed by atoms with Crippen LogP contribution in [-0.2, 0) is 6.54 Å². The van der Waals surface area contributed by atoms with Gasteiger partial charge in [0, 0.05) is 35.0 Å². The number of nitrogens with zero attached hydrogens (tertiary/aromatic N) is 3. The molecule has 0 unspecified atom stereocenters. The predicted molar refractivity (Wildman–Crippen MR) is 107 cm³/mol. The number of unbranched alkanes of at least 4 members (excludes halogenated alkanes) is 2. The van der Waals surface area contributed by atoms with Crippen molar-refractivity contribution in [3.63, 3.8) is 0 Å². The average Bonchev–Trinajstić information content (AvgIpc) is 3.34. The molecule has 0 N–H and O–H groups in total. The van der Waals surface area contributed by atoms with Gasteiger partial charge in [0.15, 0.2) is 0 Å². The van der Waals surface area contributed by atoms with Crippen LogP contribution in [0.5, 0.6) is 0 Å². The van der Waals surface area contributed by atoms with Crippen LogP contribution < -0.4 is 5.56 Å². The van der Waals surface area contributed by atoms with Crippen molar-refractivity contribution in [2.45, 2.75) is 32.7 Å². The van der Waals surface area contributed by atoms with Crippen LogP contribution in [0.4, 0.5) is 0 Å². The molecule has 0 saturated carbocycles. The normalized spacial score (nSPS) is 11.3. The number of halogens is 1. The summed E-state index contributed by atoms with van der Waals surface area (Å²) in [5.41, 5.74) is 3.26. The maximum Gasteiger partial charge on any atom is 0.259 e. The predicted octanol–water partition coefficient (Wildman–Crippen LogP) is 5.27. The first-order valence-corrected chi connectivity index (χ1v) is 9.46. The van der Waals surface area contributed by atoms with E-state index in [2.05, 4.69) is 11.5 Å². The Labute approximate surface area is 161 Å². The lowest BCUT2D eigenvalue weighted by Crippen LogP contribution is -2.18. The molecule has 0 radical (unpaired) electrons. The molecule has 27 heavy (non-hydrogen) atoms. The van der Waals surface area contributed by atoms with Gasteiger partial charge in [-0.15, -0.1) is 0 Å². The molecule has 4 aromatic rings. The van der Waals surface area contributed by atoms with Crippen LogP contribution in [0.1, 0.15) is 26.2 Å². The second-order valence-corrected chi connectivity index (χ2v) is 6.98. The Balaban J connectivity index is 1.90. The van der Waals surface area contributed by atoms with E-state index in [-0.39, 0.29) is 5.56 Å². The number of benzene rings is 1. The van der Waals surface area contributed by atoms with Gasteiger partial charge in [-0.25, -0.2) is 4.98 Å². The first-order valence-electron chi connectivity index (χ1n) is 9.09. The minimum Gasteiger partial charge on any atom is -0.472 e. The van der Waals surface area contributed by atoms with Gasteiger partial charge in [0.05, 0.1) is 23.9 Å². The summed E-state index contributed by atoms with van der Waals surface area (Å²) in [6, 6.07) is 11.0. The second kappa shape index (κ2) is 7.45. The van der Waals surface area contributed by atoms with Crippen molar-refractivity contribution in [2.24, 2.45) is 0 Å². The minimum atomic E-state index is -0.111. The van der Waals surface area contributed by atoms with Crippen molar-refractivity contribution in [3.8, 4) is 22.5 Å². The van der Waals surface area contributed by atoms with Crippen LogP contribution in [-0.4, -0.2) is 14.0 Å². The molecular weight excluding hydrogens is 362 g/mol. The van der Waals surface area contributed by atoms with E-state index < -0.39 is 0 Å². The molecule has 3 heterocycles. The zero-order chi connectivity index (χ0) is 18.8. The van der Waals surface area contributed by atoms with Gasteiger partial charge in [0.2, 0.25) is 5.78 Å². The molecule has 0 aliphatic carbocycles. The Morgan fingerprint density at radius 2 is 1.93 bits per heavy atom. The zero-order valence-corrected chi connectivity index (χ0v) is 15.8.